The van der Waals surface area contributed by atoms with Gasteiger partial charge in [-0.25, -0.2) is 9.59 Å². The van der Waals surface area contributed by atoms with Crippen LogP contribution in [-0.2, 0) is 9.47 Å². The van der Waals surface area contributed by atoms with Crippen LogP contribution in [0.3, 0.4) is 0 Å². The number of nitrogens with zero attached hydrogens (tertiary/aromatic N) is 3. The van der Waals surface area contributed by atoms with E-state index in [1.54, 1.807) is 28.2 Å². The fourth-order valence-electron chi connectivity index (χ4n) is 4.89. The van der Waals surface area contributed by atoms with Crippen LogP contribution in [0.25, 0.3) is 0 Å². The number of thiophene rings is 2. The van der Waals surface area contributed by atoms with Crippen LogP contribution in [0.1, 0.15) is 81.8 Å². The lowest BCUT2D eigenvalue weighted by atomic mass is 9.91. The molecule has 0 aliphatic carbocycles. The van der Waals surface area contributed by atoms with Gasteiger partial charge >= 0.3 is 12.2 Å². The third-order valence-electron chi connectivity index (χ3n) is 6.97. The molecule has 0 atom stereocenters. The van der Waals surface area contributed by atoms with Gasteiger partial charge in [0.15, 0.2) is 5.78 Å². The van der Waals surface area contributed by atoms with Crippen LogP contribution in [0.15, 0.2) is 36.9 Å². The second-order valence-electron chi connectivity index (χ2n) is 13.1. The van der Waals surface area contributed by atoms with Gasteiger partial charge in [-0.15, -0.1) is 22.7 Å². The lowest BCUT2D eigenvalue weighted by Gasteiger charge is -2.33. The van der Waals surface area contributed by atoms with Crippen LogP contribution in [0.5, 0.6) is 0 Å². The normalized spacial score (nSPS) is 16.4. The Morgan fingerprint density at radius 1 is 0.787 bits per heavy atom. The number of likely N-dealkylation sites (tertiary alicyclic amines) is 2. The molecular weight excluding hydrogens is 772 g/mol. The van der Waals surface area contributed by atoms with Gasteiger partial charge in [0.05, 0.1) is 15.5 Å². The van der Waals surface area contributed by atoms with Crippen molar-refractivity contribution < 1.29 is 23.9 Å². The quantitative estimate of drug-likeness (QED) is 0.122. The maximum absolute atomic E-state index is 12.4. The number of halogens is 2. The zero-order valence-corrected chi connectivity index (χ0v) is 33.5. The highest BCUT2D eigenvalue weighted by Gasteiger charge is 2.32. The Morgan fingerprint density at radius 3 is 1.51 bits per heavy atom. The molecule has 2 amide bonds. The van der Waals surface area contributed by atoms with Crippen molar-refractivity contribution in [3.05, 3.63) is 41.6 Å². The fraction of sp³-hybridized carbons (Fsp3) is 0.625. The number of ether oxygens (including phenoxy) is 2. The molecule has 47 heavy (non-hydrogen) atoms. The molecule has 2 aliphatic rings. The van der Waals surface area contributed by atoms with Gasteiger partial charge in [0.25, 0.3) is 0 Å². The SMILES string of the molecule is CC(C)(C)OC(=O)N1CCC(C(=O)c2sccc2Br)CC1.CN/N=C(/c1sccc1Br)C1CCN(C(=O)OC(C)(C)C)CC1.CNN. The van der Waals surface area contributed by atoms with Crippen molar-refractivity contribution in [2.24, 2.45) is 22.8 Å². The lowest BCUT2D eigenvalue weighted by Crippen LogP contribution is -2.43. The van der Waals surface area contributed by atoms with Crippen molar-refractivity contribution in [1.29, 1.82) is 0 Å². The molecule has 2 fully saturated rings. The molecule has 2 saturated heterocycles. The molecule has 0 bridgehead atoms. The van der Waals surface area contributed by atoms with Crippen LogP contribution < -0.4 is 16.7 Å². The zero-order chi connectivity index (χ0) is 35.4. The highest BCUT2D eigenvalue weighted by atomic mass is 79.9. The minimum absolute atomic E-state index is 0.00126. The number of hydrogen-bond acceptors (Lipinski definition) is 11. The number of nitrogens with one attached hydrogen (secondary N) is 2. The molecule has 4 rings (SSSR count). The Morgan fingerprint density at radius 2 is 1.17 bits per heavy atom. The Kier molecular flexibility index (Phi) is 16.8. The number of amides is 2. The number of piperidine rings is 2. The Labute approximate surface area is 304 Å². The van der Waals surface area contributed by atoms with Crippen molar-refractivity contribution in [1.82, 2.24) is 20.7 Å². The molecule has 0 saturated carbocycles. The summed E-state index contributed by atoms with van der Waals surface area (Å²) in [4.78, 5) is 42.0. The lowest BCUT2D eigenvalue weighted by molar-refractivity contribution is 0.0179. The molecule has 4 N–H and O–H groups in total. The summed E-state index contributed by atoms with van der Waals surface area (Å²) in [5, 5.41) is 8.46. The van der Waals surface area contributed by atoms with E-state index in [1.165, 1.54) is 11.3 Å². The highest BCUT2D eigenvalue weighted by Crippen LogP contribution is 2.31. The molecule has 11 nitrogen and oxygen atoms in total. The number of ketones is 1. The van der Waals surface area contributed by atoms with Gasteiger partial charge in [-0.1, -0.05) is 0 Å². The predicted molar refractivity (Wildman–Crippen MR) is 198 cm³/mol. The molecular formula is C32H50Br2N6O5S2. The van der Waals surface area contributed by atoms with Gasteiger partial charge in [0, 0.05) is 54.0 Å². The van der Waals surface area contributed by atoms with Crippen molar-refractivity contribution >= 4 is 78.2 Å². The summed E-state index contributed by atoms with van der Waals surface area (Å²) in [6.07, 6.45) is 2.67. The predicted octanol–water partition coefficient (Wildman–Crippen LogP) is 7.50. The molecule has 2 aromatic rings. The summed E-state index contributed by atoms with van der Waals surface area (Å²) in [5.41, 5.74) is 5.30. The zero-order valence-electron chi connectivity index (χ0n) is 28.7. The fourth-order valence-corrected chi connectivity index (χ4v) is 8.12. The van der Waals surface area contributed by atoms with Crippen molar-refractivity contribution in [2.75, 3.05) is 40.3 Å². The number of carbonyl (C=O) groups excluding carboxylic acids is 3. The van der Waals surface area contributed by atoms with Gasteiger partial charge in [0.2, 0.25) is 0 Å². The summed E-state index contributed by atoms with van der Waals surface area (Å²) >= 11 is 10.1. The maximum Gasteiger partial charge on any atom is 0.410 e. The second-order valence-corrected chi connectivity index (χ2v) is 16.6. The minimum Gasteiger partial charge on any atom is -0.444 e. The maximum atomic E-state index is 12.4. The molecule has 0 aromatic carbocycles. The van der Waals surface area contributed by atoms with Gasteiger partial charge < -0.3 is 24.7 Å². The number of hydrogen-bond donors (Lipinski definition) is 3. The van der Waals surface area contributed by atoms with Crippen molar-refractivity contribution in [2.45, 2.75) is 78.4 Å². The summed E-state index contributed by atoms with van der Waals surface area (Å²) in [5.74, 6) is 5.12. The molecule has 0 spiro atoms. The third-order valence-corrected chi connectivity index (χ3v) is 10.7. The van der Waals surface area contributed by atoms with E-state index in [9.17, 15) is 14.4 Å². The van der Waals surface area contributed by atoms with Crippen LogP contribution in [-0.4, -0.2) is 85.0 Å². The molecule has 2 aromatic heterocycles. The topological polar surface area (TPSA) is 139 Å². The molecule has 4 heterocycles. The minimum atomic E-state index is -0.481. The van der Waals surface area contributed by atoms with Crippen molar-refractivity contribution in [3.63, 3.8) is 0 Å². The average Bonchev–Trinajstić information content (AvgIpc) is 3.62. The average molecular weight is 823 g/mol. The smallest absolute Gasteiger partial charge is 0.410 e. The number of Topliss-reactive ketones (excluding diaryl/α,β-unsaturated/α-hetero) is 1. The summed E-state index contributed by atoms with van der Waals surface area (Å²) < 4.78 is 12.8. The highest BCUT2D eigenvalue weighted by molar-refractivity contribution is 9.11. The molecule has 15 heteroatoms. The number of nitrogens with two attached hydrogens (primary N) is 1. The summed E-state index contributed by atoms with van der Waals surface area (Å²) in [6, 6.07) is 3.94. The Balaban J connectivity index is 0.000000303. The van der Waals surface area contributed by atoms with Crippen LogP contribution >= 0.6 is 54.5 Å². The van der Waals surface area contributed by atoms with Gasteiger partial charge in [0.1, 0.15) is 11.2 Å². The van der Waals surface area contributed by atoms with E-state index in [-0.39, 0.29) is 23.9 Å². The van der Waals surface area contributed by atoms with Crippen LogP contribution in [0.4, 0.5) is 9.59 Å². The largest absolute Gasteiger partial charge is 0.444 e. The van der Waals surface area contributed by atoms with Gasteiger partial charge in [-0.3, -0.25) is 16.1 Å². The number of hydrazine groups is 1. The first-order valence-electron chi connectivity index (χ1n) is 15.6. The standard InChI is InChI=1S/C16H24BrN3O2S.C15H20BrNO3S.CH6N2/c1-16(2,3)22-15(21)20-8-5-11(6-9-20)13(19-18-4)14-12(17)7-10-23-14;1-15(2,3)20-14(19)17-7-4-10(5-8-17)12(18)13-11(16)6-9-21-13;1-3-2/h7,10-11,18H,5-6,8-9H2,1-4H3;6,9-10H,4-5,7-8H2,1-3H3;3H,2H2,1H3/b19-13+;;. The number of rotatable bonds is 5. The second kappa shape index (κ2) is 19.2. The van der Waals surface area contributed by atoms with Gasteiger partial charge in [-0.05, 0) is 129 Å². The van der Waals surface area contributed by atoms with E-state index >= 15 is 0 Å². The summed E-state index contributed by atoms with van der Waals surface area (Å²) in [7, 11) is 3.47. The number of carbonyl (C=O) groups is 3. The third kappa shape index (κ3) is 13.8. The number of hydrazone groups is 1. The Hall–Kier alpha value is -2.04. The molecule has 2 aliphatic heterocycles. The monoisotopic (exact) mass is 820 g/mol. The van der Waals surface area contributed by atoms with Crippen molar-refractivity contribution in [3.8, 4) is 0 Å². The van der Waals surface area contributed by atoms with E-state index in [2.05, 4.69) is 59.0 Å². The van der Waals surface area contributed by atoms with E-state index < -0.39 is 11.2 Å². The first kappa shape index (κ1) is 41.1. The van der Waals surface area contributed by atoms with Crippen LogP contribution in [0, 0.1) is 11.8 Å². The van der Waals surface area contributed by atoms with E-state index in [0.29, 0.717) is 44.9 Å². The summed E-state index contributed by atoms with van der Waals surface area (Å²) in [6.45, 7) is 13.8. The van der Waals surface area contributed by atoms with E-state index in [1.807, 2.05) is 66.1 Å². The Bertz CT molecular complexity index is 1320. The first-order valence-corrected chi connectivity index (χ1v) is 18.9. The molecule has 0 radical (unpaired) electrons. The molecule has 0 unspecified atom stereocenters. The van der Waals surface area contributed by atoms with E-state index in [0.717, 1.165) is 37.3 Å². The van der Waals surface area contributed by atoms with Crippen LogP contribution in [0.2, 0.25) is 0 Å². The molecule has 264 valence electrons. The van der Waals surface area contributed by atoms with E-state index in [4.69, 9.17) is 9.47 Å². The first-order chi connectivity index (χ1) is 22.0. The van der Waals surface area contributed by atoms with Gasteiger partial charge in [-0.2, -0.15) is 5.10 Å².